The summed E-state index contributed by atoms with van der Waals surface area (Å²) in [5.41, 5.74) is 1.43. The van der Waals surface area contributed by atoms with Crippen LogP contribution in [0.4, 0.5) is 0 Å². The Morgan fingerprint density at radius 3 is 2.19 bits per heavy atom. The molecule has 1 fully saturated rings. The van der Waals surface area contributed by atoms with Gasteiger partial charge in [0, 0.05) is 0 Å². The van der Waals surface area contributed by atoms with Gasteiger partial charge in [0.1, 0.15) is 0 Å². The molecule has 0 aromatic rings. The van der Waals surface area contributed by atoms with Crippen LogP contribution in [-0.2, 0) is 9.84 Å². The second-order valence-corrected chi connectivity index (χ2v) is 9.38. The molecule has 0 aromatic carbocycles. The Kier molecular flexibility index (Phi) is 6.78. The van der Waals surface area contributed by atoms with Gasteiger partial charge in [-0.15, -0.1) is 0 Å². The van der Waals surface area contributed by atoms with Crippen LogP contribution in [0, 0.1) is 0 Å². The smallest absolute Gasteiger partial charge is 0.159 e. The number of sulfone groups is 1. The first kappa shape index (κ1) is 17.1. The monoisotopic (exact) mass is 312 g/mol. The van der Waals surface area contributed by atoms with Crippen molar-refractivity contribution < 1.29 is 8.42 Å². The molecule has 3 heteroatoms. The first-order valence-corrected chi connectivity index (χ1v) is 10.7. The summed E-state index contributed by atoms with van der Waals surface area (Å²) < 4.78 is 24.0. The van der Waals surface area contributed by atoms with Gasteiger partial charge in [0.25, 0.3) is 0 Å². The van der Waals surface area contributed by atoms with Gasteiger partial charge in [0.2, 0.25) is 0 Å². The van der Waals surface area contributed by atoms with Crippen molar-refractivity contribution in [1.82, 2.24) is 0 Å². The first-order valence-electron chi connectivity index (χ1n) is 9.07. The summed E-state index contributed by atoms with van der Waals surface area (Å²) >= 11 is 0. The lowest BCUT2D eigenvalue weighted by Crippen LogP contribution is -2.26. The van der Waals surface area contributed by atoms with Gasteiger partial charge < -0.3 is 0 Å². The number of allylic oxidation sites excluding steroid dienone is 1. The zero-order valence-corrected chi connectivity index (χ0v) is 14.5. The molecule has 0 saturated carbocycles. The van der Waals surface area contributed by atoms with Gasteiger partial charge in [-0.05, 0) is 32.1 Å². The molecule has 0 N–H and O–H groups in total. The predicted molar refractivity (Wildman–Crippen MR) is 90.3 cm³/mol. The van der Waals surface area contributed by atoms with Crippen LogP contribution in [0.5, 0.6) is 0 Å². The van der Waals surface area contributed by atoms with Gasteiger partial charge in [0.05, 0.1) is 10.5 Å². The lowest BCUT2D eigenvalue weighted by molar-refractivity contribution is 0.558. The Hall–Kier alpha value is -0.310. The van der Waals surface area contributed by atoms with Crippen LogP contribution in [0.2, 0.25) is 0 Å². The van der Waals surface area contributed by atoms with Crippen LogP contribution in [0.15, 0.2) is 11.6 Å². The van der Waals surface area contributed by atoms with Gasteiger partial charge >= 0.3 is 0 Å². The lowest BCUT2D eigenvalue weighted by Gasteiger charge is -2.20. The lowest BCUT2D eigenvalue weighted by atomic mass is 10.0. The quantitative estimate of drug-likeness (QED) is 0.411. The molecule has 2 bridgehead atoms. The minimum Gasteiger partial charge on any atom is -0.228 e. The van der Waals surface area contributed by atoms with Crippen LogP contribution in [-0.4, -0.2) is 18.9 Å². The maximum Gasteiger partial charge on any atom is 0.159 e. The molecule has 2 nitrogen and oxygen atoms in total. The van der Waals surface area contributed by atoms with Crippen molar-refractivity contribution in [2.75, 3.05) is 0 Å². The van der Waals surface area contributed by atoms with E-state index >= 15 is 0 Å². The van der Waals surface area contributed by atoms with Gasteiger partial charge in [-0.3, -0.25) is 0 Å². The first-order chi connectivity index (χ1) is 10.1. The molecule has 2 atom stereocenters. The third-order valence-corrected chi connectivity index (χ3v) is 7.72. The molecule has 0 aromatic heterocycles. The molecule has 0 amide bonds. The topological polar surface area (TPSA) is 34.1 Å². The standard InChI is InChI=1S/C18H32O2S/c1-2-3-4-5-6-7-8-9-10-11-16-14-17-12-13-18(15-16)21(17,19)20/h14,17-18H,2-13,15H2,1H3. The highest BCUT2D eigenvalue weighted by atomic mass is 32.2. The Labute approximate surface area is 131 Å². The average molecular weight is 313 g/mol. The Morgan fingerprint density at radius 2 is 1.57 bits per heavy atom. The van der Waals surface area contributed by atoms with E-state index in [0.717, 1.165) is 25.7 Å². The fraction of sp³-hybridized carbons (Fsp3) is 0.889. The summed E-state index contributed by atoms with van der Waals surface area (Å²) in [6, 6.07) is 0. The van der Waals surface area contributed by atoms with Crippen molar-refractivity contribution in [3.63, 3.8) is 0 Å². The fourth-order valence-corrected chi connectivity index (χ4v) is 6.05. The zero-order valence-electron chi connectivity index (χ0n) is 13.6. The molecule has 122 valence electrons. The van der Waals surface area contributed by atoms with Gasteiger partial charge in [-0.1, -0.05) is 69.9 Å². The normalized spacial score (nSPS) is 26.8. The summed E-state index contributed by atoms with van der Waals surface area (Å²) in [5.74, 6) is 0. The van der Waals surface area contributed by atoms with E-state index in [1.54, 1.807) is 0 Å². The molecule has 2 unspecified atom stereocenters. The van der Waals surface area contributed by atoms with E-state index in [4.69, 9.17) is 0 Å². The fourth-order valence-electron chi connectivity index (χ4n) is 3.79. The minimum absolute atomic E-state index is 0.0407. The average Bonchev–Trinajstić information content (AvgIpc) is 2.66. The maximum absolute atomic E-state index is 12.0. The summed E-state index contributed by atoms with van der Waals surface area (Å²) in [4.78, 5) is 0. The van der Waals surface area contributed by atoms with Gasteiger partial charge in [0.15, 0.2) is 9.84 Å². The second kappa shape index (κ2) is 8.36. The molecule has 0 radical (unpaired) electrons. The third-order valence-electron chi connectivity index (χ3n) is 5.17. The van der Waals surface area contributed by atoms with E-state index in [0.29, 0.717) is 0 Å². The molecule has 2 heterocycles. The molecule has 2 rings (SSSR count). The van der Waals surface area contributed by atoms with Crippen LogP contribution < -0.4 is 0 Å². The number of fused-ring (bicyclic) bond motifs is 2. The number of rotatable bonds is 10. The summed E-state index contributed by atoms with van der Waals surface area (Å²) in [6.07, 6.45) is 18.0. The number of hydrogen-bond acceptors (Lipinski definition) is 2. The third kappa shape index (κ3) is 4.84. The van der Waals surface area contributed by atoms with E-state index in [2.05, 4.69) is 13.0 Å². The van der Waals surface area contributed by atoms with Crippen LogP contribution in [0.1, 0.15) is 90.4 Å². The molecular weight excluding hydrogens is 280 g/mol. The van der Waals surface area contributed by atoms with Crippen molar-refractivity contribution in [3.05, 3.63) is 11.6 Å². The van der Waals surface area contributed by atoms with Crippen molar-refractivity contribution in [1.29, 1.82) is 0 Å². The van der Waals surface area contributed by atoms with Gasteiger partial charge in [-0.2, -0.15) is 0 Å². The van der Waals surface area contributed by atoms with Crippen molar-refractivity contribution >= 4 is 9.84 Å². The van der Waals surface area contributed by atoms with E-state index in [1.165, 1.54) is 63.4 Å². The maximum atomic E-state index is 12.0. The Bertz CT molecular complexity index is 436. The minimum atomic E-state index is -2.79. The zero-order chi connectivity index (χ0) is 15.1. The number of hydrogen-bond donors (Lipinski definition) is 0. The van der Waals surface area contributed by atoms with Crippen molar-refractivity contribution in [2.45, 2.75) is 101 Å². The molecule has 0 spiro atoms. The van der Waals surface area contributed by atoms with Crippen LogP contribution in [0.3, 0.4) is 0 Å². The van der Waals surface area contributed by atoms with Gasteiger partial charge in [-0.25, -0.2) is 8.42 Å². The Balaban J connectivity index is 1.54. The van der Waals surface area contributed by atoms with E-state index in [9.17, 15) is 8.42 Å². The largest absolute Gasteiger partial charge is 0.228 e. The van der Waals surface area contributed by atoms with E-state index < -0.39 is 9.84 Å². The molecule has 2 aliphatic rings. The van der Waals surface area contributed by atoms with Crippen LogP contribution >= 0.6 is 0 Å². The van der Waals surface area contributed by atoms with E-state index in [-0.39, 0.29) is 10.5 Å². The number of unbranched alkanes of at least 4 members (excludes halogenated alkanes) is 8. The molecule has 0 aliphatic carbocycles. The summed E-state index contributed by atoms with van der Waals surface area (Å²) in [7, 11) is -2.79. The van der Waals surface area contributed by atoms with Crippen molar-refractivity contribution in [3.8, 4) is 0 Å². The highest BCUT2D eigenvalue weighted by Gasteiger charge is 2.42. The highest BCUT2D eigenvalue weighted by molar-refractivity contribution is 7.93. The molecule has 2 aliphatic heterocycles. The SMILES string of the molecule is CCCCCCCCCCCC1=CC2CCC(C1)S2(=O)=O. The molecule has 21 heavy (non-hydrogen) atoms. The Morgan fingerprint density at radius 1 is 0.952 bits per heavy atom. The second-order valence-electron chi connectivity index (χ2n) is 6.93. The molecule has 1 saturated heterocycles. The highest BCUT2D eigenvalue weighted by Crippen LogP contribution is 2.38. The predicted octanol–water partition coefficient (Wildman–Crippen LogP) is 5.18. The summed E-state index contributed by atoms with van der Waals surface area (Å²) in [6.45, 7) is 2.26. The molecular formula is C18H32O2S. The summed E-state index contributed by atoms with van der Waals surface area (Å²) in [5, 5.41) is -0.175. The van der Waals surface area contributed by atoms with Crippen molar-refractivity contribution in [2.24, 2.45) is 0 Å². The van der Waals surface area contributed by atoms with E-state index in [1.807, 2.05) is 0 Å². The van der Waals surface area contributed by atoms with Crippen LogP contribution in [0.25, 0.3) is 0 Å².